The molecule has 0 saturated carbocycles. The van der Waals surface area contributed by atoms with Gasteiger partial charge in [-0.1, -0.05) is 59.1 Å². The Morgan fingerprint density at radius 2 is 1.57 bits per heavy atom. The summed E-state index contributed by atoms with van der Waals surface area (Å²) in [5, 5.41) is 4.38. The highest BCUT2D eigenvalue weighted by atomic mass is 35.5. The van der Waals surface area contributed by atoms with Crippen LogP contribution in [-0.4, -0.2) is 30.3 Å². The minimum Gasteiger partial charge on any atom is -0.336 e. The van der Waals surface area contributed by atoms with Gasteiger partial charge in [0.15, 0.2) is 0 Å². The Morgan fingerprint density at radius 1 is 0.973 bits per heavy atom. The molecule has 0 aliphatic rings. The molecule has 0 heterocycles. The topological polar surface area (TPSA) is 58.2 Å². The summed E-state index contributed by atoms with van der Waals surface area (Å²) < 4.78 is 77.9. The van der Waals surface area contributed by atoms with E-state index in [1.165, 1.54) is 31.2 Å². The summed E-state index contributed by atoms with van der Waals surface area (Å²) in [6.45, 7) is 2.93. The number of carbonyl (C=O) groups excluding carboxylic acids is 2. The number of allylic oxidation sites excluding steroid dienone is 1. The standard InChI is InChI=1S/C24H21Cl3F6N2O2/c1-12-9-14(4-6-17(24(31,32)33)15-10-18(25)21(27)19(26)11-15)3-5-16(12)22(37)35-13(2)34-20(36)7-8-23(28,29)30/h3-6,9-11,13,17H,7-8H2,1-2H3,(H,34,36)(H,35,37)/t13-,17?/m1/s1. The van der Waals surface area contributed by atoms with Gasteiger partial charge in [-0.3, -0.25) is 9.59 Å². The Labute approximate surface area is 224 Å². The number of nitrogens with one attached hydrogen (secondary N) is 2. The van der Waals surface area contributed by atoms with E-state index in [2.05, 4.69) is 10.6 Å². The highest BCUT2D eigenvalue weighted by molar-refractivity contribution is 6.48. The van der Waals surface area contributed by atoms with Gasteiger partial charge in [-0.05, 0) is 48.7 Å². The molecular weight excluding hydrogens is 569 g/mol. The van der Waals surface area contributed by atoms with Crippen molar-refractivity contribution < 1.29 is 35.9 Å². The van der Waals surface area contributed by atoms with Crippen molar-refractivity contribution in [3.8, 4) is 0 Å². The van der Waals surface area contributed by atoms with Gasteiger partial charge < -0.3 is 10.6 Å². The van der Waals surface area contributed by atoms with Crippen LogP contribution in [-0.2, 0) is 4.79 Å². The van der Waals surface area contributed by atoms with Gasteiger partial charge in [0.1, 0.15) is 0 Å². The number of alkyl halides is 6. The van der Waals surface area contributed by atoms with Crippen LogP contribution in [0, 0.1) is 6.92 Å². The Bertz CT molecular complexity index is 1160. The van der Waals surface area contributed by atoms with Crippen molar-refractivity contribution >= 4 is 52.7 Å². The number of aryl methyl sites for hydroxylation is 1. The van der Waals surface area contributed by atoms with Crippen LogP contribution in [0.3, 0.4) is 0 Å². The van der Waals surface area contributed by atoms with Crippen LogP contribution in [0.2, 0.25) is 15.1 Å². The Hall–Kier alpha value is -2.43. The third kappa shape index (κ3) is 9.43. The first-order valence-electron chi connectivity index (χ1n) is 10.6. The Kier molecular flexibility index (Phi) is 10.3. The zero-order valence-corrected chi connectivity index (χ0v) is 21.6. The van der Waals surface area contributed by atoms with E-state index in [0.29, 0.717) is 11.1 Å². The van der Waals surface area contributed by atoms with Crippen LogP contribution in [0.25, 0.3) is 6.08 Å². The van der Waals surface area contributed by atoms with E-state index < -0.39 is 49.1 Å². The Morgan fingerprint density at radius 3 is 2.08 bits per heavy atom. The molecule has 0 spiro atoms. The summed E-state index contributed by atoms with van der Waals surface area (Å²) in [5.41, 5.74) is 0.735. The van der Waals surface area contributed by atoms with E-state index in [9.17, 15) is 35.9 Å². The lowest BCUT2D eigenvalue weighted by molar-refractivity contribution is -0.144. The van der Waals surface area contributed by atoms with Crippen LogP contribution in [0.4, 0.5) is 26.3 Å². The summed E-state index contributed by atoms with van der Waals surface area (Å²) >= 11 is 17.6. The summed E-state index contributed by atoms with van der Waals surface area (Å²) in [7, 11) is 0. The third-order valence-corrected chi connectivity index (χ3v) is 6.25. The average molecular weight is 590 g/mol. The molecule has 2 rings (SSSR count). The van der Waals surface area contributed by atoms with Crippen molar-refractivity contribution in [2.24, 2.45) is 0 Å². The van der Waals surface area contributed by atoms with Crippen LogP contribution >= 0.6 is 34.8 Å². The average Bonchev–Trinajstić information content (AvgIpc) is 2.74. The SMILES string of the molecule is Cc1cc(C=CC(c2cc(Cl)c(Cl)c(Cl)c2)C(F)(F)F)ccc1C(=O)N[C@H](C)NC(=O)CCC(F)(F)F. The van der Waals surface area contributed by atoms with E-state index in [4.69, 9.17) is 34.8 Å². The van der Waals surface area contributed by atoms with Crippen molar-refractivity contribution in [1.82, 2.24) is 10.6 Å². The lowest BCUT2D eigenvalue weighted by Crippen LogP contribution is -2.46. The van der Waals surface area contributed by atoms with Crippen molar-refractivity contribution in [3.05, 3.63) is 73.7 Å². The number of hydrogen-bond acceptors (Lipinski definition) is 2. The lowest BCUT2D eigenvalue weighted by atomic mass is 9.96. The number of hydrogen-bond donors (Lipinski definition) is 2. The van der Waals surface area contributed by atoms with Gasteiger partial charge in [0.2, 0.25) is 5.91 Å². The van der Waals surface area contributed by atoms with Gasteiger partial charge in [0.05, 0.1) is 33.6 Å². The number of halogens is 9. The third-order valence-electron chi connectivity index (χ3n) is 5.05. The molecule has 202 valence electrons. The molecule has 0 saturated heterocycles. The second kappa shape index (κ2) is 12.4. The van der Waals surface area contributed by atoms with E-state index in [-0.39, 0.29) is 26.2 Å². The molecule has 2 aromatic carbocycles. The van der Waals surface area contributed by atoms with E-state index in [0.717, 1.165) is 18.2 Å². The maximum absolute atomic E-state index is 13.7. The molecule has 0 aliphatic carbocycles. The normalized spacial score (nSPS) is 13.9. The molecule has 0 aromatic heterocycles. The van der Waals surface area contributed by atoms with E-state index >= 15 is 0 Å². The minimum atomic E-state index is -4.66. The van der Waals surface area contributed by atoms with E-state index in [1.807, 2.05) is 0 Å². The second-order valence-electron chi connectivity index (χ2n) is 8.13. The minimum absolute atomic E-state index is 0.0586. The molecule has 0 fully saturated rings. The van der Waals surface area contributed by atoms with E-state index in [1.54, 1.807) is 6.92 Å². The van der Waals surface area contributed by atoms with Gasteiger partial charge >= 0.3 is 12.4 Å². The van der Waals surface area contributed by atoms with Gasteiger partial charge in [-0.15, -0.1) is 0 Å². The van der Waals surface area contributed by atoms with Crippen LogP contribution < -0.4 is 10.6 Å². The predicted molar refractivity (Wildman–Crippen MR) is 131 cm³/mol. The van der Waals surface area contributed by atoms with Gasteiger partial charge in [0, 0.05) is 12.0 Å². The quantitative estimate of drug-likeness (QED) is 0.187. The van der Waals surface area contributed by atoms with Crippen molar-refractivity contribution in [2.75, 3.05) is 0 Å². The van der Waals surface area contributed by atoms with Crippen LogP contribution in [0.5, 0.6) is 0 Å². The fraction of sp³-hybridized carbons (Fsp3) is 0.333. The van der Waals surface area contributed by atoms with Crippen molar-refractivity contribution in [1.29, 1.82) is 0 Å². The Balaban J connectivity index is 2.13. The van der Waals surface area contributed by atoms with Crippen LogP contribution in [0.1, 0.15) is 52.7 Å². The predicted octanol–water partition coefficient (Wildman–Crippen LogP) is 7.85. The number of amides is 2. The second-order valence-corrected chi connectivity index (χ2v) is 9.32. The maximum atomic E-state index is 13.7. The number of benzene rings is 2. The first kappa shape index (κ1) is 30.8. The van der Waals surface area contributed by atoms with Crippen molar-refractivity contribution in [2.45, 2.75) is 51.1 Å². The van der Waals surface area contributed by atoms with Gasteiger partial charge in [-0.25, -0.2) is 0 Å². The molecule has 2 aromatic rings. The van der Waals surface area contributed by atoms with Crippen LogP contribution in [0.15, 0.2) is 36.4 Å². The molecule has 37 heavy (non-hydrogen) atoms. The fourth-order valence-electron chi connectivity index (χ4n) is 3.30. The molecule has 0 radical (unpaired) electrons. The largest absolute Gasteiger partial charge is 0.399 e. The first-order chi connectivity index (χ1) is 17.0. The molecule has 13 heteroatoms. The zero-order chi connectivity index (χ0) is 28.1. The highest BCUT2D eigenvalue weighted by Gasteiger charge is 2.39. The summed E-state index contributed by atoms with van der Waals surface area (Å²) in [6, 6.07) is 6.44. The molecule has 0 aliphatic heterocycles. The first-order valence-corrected chi connectivity index (χ1v) is 11.8. The maximum Gasteiger partial charge on any atom is 0.399 e. The molecule has 2 atom stereocenters. The monoisotopic (exact) mass is 588 g/mol. The zero-order valence-electron chi connectivity index (χ0n) is 19.3. The summed E-state index contributed by atoms with van der Waals surface area (Å²) in [4.78, 5) is 24.1. The summed E-state index contributed by atoms with van der Waals surface area (Å²) in [6.07, 6.45) is -10.0. The molecular formula is C24H21Cl3F6N2O2. The summed E-state index contributed by atoms with van der Waals surface area (Å²) in [5.74, 6) is -3.55. The molecule has 4 nitrogen and oxygen atoms in total. The van der Waals surface area contributed by atoms with Gasteiger partial charge in [-0.2, -0.15) is 26.3 Å². The molecule has 2 N–H and O–H groups in total. The van der Waals surface area contributed by atoms with Crippen molar-refractivity contribution in [3.63, 3.8) is 0 Å². The molecule has 0 bridgehead atoms. The number of rotatable bonds is 8. The fourth-order valence-corrected chi connectivity index (χ4v) is 3.91. The number of carbonyl (C=O) groups is 2. The smallest absolute Gasteiger partial charge is 0.336 e. The molecule has 2 amide bonds. The highest BCUT2D eigenvalue weighted by Crippen LogP contribution is 2.41. The molecule has 1 unspecified atom stereocenters. The lowest BCUT2D eigenvalue weighted by Gasteiger charge is -2.18. The van der Waals surface area contributed by atoms with Gasteiger partial charge in [0.25, 0.3) is 5.91 Å².